The number of aryl methyl sites for hydroxylation is 1. The quantitative estimate of drug-likeness (QED) is 0.463. The minimum absolute atomic E-state index is 0.131. The highest BCUT2D eigenvalue weighted by Crippen LogP contribution is 2.34. The van der Waals surface area contributed by atoms with E-state index in [0.29, 0.717) is 11.5 Å². The van der Waals surface area contributed by atoms with Gasteiger partial charge < -0.3 is 19.7 Å². The normalized spacial score (nSPS) is 16.7. The summed E-state index contributed by atoms with van der Waals surface area (Å²) in [6.45, 7) is 2.41. The van der Waals surface area contributed by atoms with Crippen LogP contribution < -0.4 is 14.8 Å². The number of fused-ring (bicyclic) bond motifs is 1. The number of amides is 2. The Balaban J connectivity index is 1.64. The minimum atomic E-state index is -0.773. The molecule has 1 aliphatic carbocycles. The van der Waals surface area contributed by atoms with Gasteiger partial charge in [-0.05, 0) is 43.0 Å². The zero-order chi connectivity index (χ0) is 23.2. The molecule has 1 N–H and O–H groups in total. The van der Waals surface area contributed by atoms with E-state index in [1.54, 1.807) is 4.90 Å². The largest absolute Gasteiger partial charge is 0.454 e. The number of nitrogens with zero attached hydrogens (tertiary/aromatic N) is 1. The average molecular weight is 471 g/mol. The third-order valence-corrected chi connectivity index (χ3v) is 6.61. The topological polar surface area (TPSA) is 67.9 Å². The van der Waals surface area contributed by atoms with Crippen LogP contribution in [0, 0.1) is 6.92 Å². The first kappa shape index (κ1) is 23.4. The monoisotopic (exact) mass is 470 g/mol. The maximum Gasteiger partial charge on any atom is 0.247 e. The fourth-order valence-electron chi connectivity index (χ4n) is 4.56. The summed E-state index contributed by atoms with van der Waals surface area (Å²) in [6.07, 6.45) is 6.57. The van der Waals surface area contributed by atoms with Gasteiger partial charge in [-0.1, -0.05) is 61.6 Å². The van der Waals surface area contributed by atoms with E-state index in [9.17, 15) is 9.59 Å². The molecule has 4 rings (SSSR count). The molecule has 6 nitrogen and oxygen atoms in total. The van der Waals surface area contributed by atoms with Gasteiger partial charge in [-0.3, -0.25) is 9.59 Å². The lowest BCUT2D eigenvalue weighted by Crippen LogP contribution is -2.46. The molecule has 1 atom stereocenters. The molecular weight excluding hydrogens is 440 g/mol. The van der Waals surface area contributed by atoms with Crippen molar-refractivity contribution in [1.82, 2.24) is 10.2 Å². The van der Waals surface area contributed by atoms with Crippen LogP contribution in [0.2, 0.25) is 0 Å². The van der Waals surface area contributed by atoms with E-state index < -0.39 is 6.04 Å². The summed E-state index contributed by atoms with van der Waals surface area (Å²) in [5, 5.41) is 3.24. The predicted molar refractivity (Wildman–Crippen MR) is 127 cm³/mol. The van der Waals surface area contributed by atoms with Crippen molar-refractivity contribution < 1.29 is 19.1 Å². The Morgan fingerprint density at radius 2 is 1.73 bits per heavy atom. The zero-order valence-corrected chi connectivity index (χ0v) is 19.8. The van der Waals surface area contributed by atoms with Gasteiger partial charge in [-0.15, -0.1) is 11.6 Å². The van der Waals surface area contributed by atoms with Crippen LogP contribution in [0.4, 0.5) is 0 Å². The fourth-order valence-corrected chi connectivity index (χ4v) is 4.72. The van der Waals surface area contributed by atoms with Crippen molar-refractivity contribution in [2.45, 2.75) is 64.1 Å². The number of hydrogen-bond donors (Lipinski definition) is 1. The Morgan fingerprint density at radius 3 is 2.42 bits per heavy atom. The van der Waals surface area contributed by atoms with Crippen molar-refractivity contribution >= 4 is 23.4 Å². The lowest BCUT2D eigenvalue weighted by atomic mass is 10.00. The smallest absolute Gasteiger partial charge is 0.247 e. The van der Waals surface area contributed by atoms with E-state index in [-0.39, 0.29) is 37.1 Å². The summed E-state index contributed by atoms with van der Waals surface area (Å²) in [7, 11) is 0. The first-order valence-corrected chi connectivity index (χ1v) is 12.2. The number of carbonyl (C=O) groups is 2. The molecule has 0 saturated heterocycles. The Labute approximate surface area is 200 Å². The second-order valence-corrected chi connectivity index (χ2v) is 9.12. The molecule has 176 valence electrons. The number of hydrogen-bond acceptors (Lipinski definition) is 4. The standard InChI is InChI=1S/C26H31ClN2O4/c1-18-8-11-20(12-9-18)25(26(31)28-21-6-4-2-3-5-7-21)29(24(30)15-27)16-19-10-13-22-23(14-19)33-17-32-22/h8-14,21,25H,2-7,15-17H2,1H3,(H,28,31)/t25-/m1/s1. The van der Waals surface area contributed by atoms with Crippen molar-refractivity contribution in [1.29, 1.82) is 0 Å². The number of alkyl halides is 1. The lowest BCUT2D eigenvalue weighted by Gasteiger charge is -2.32. The van der Waals surface area contributed by atoms with Crippen LogP contribution in [0.3, 0.4) is 0 Å². The van der Waals surface area contributed by atoms with Crippen molar-refractivity contribution in [2.24, 2.45) is 0 Å². The SMILES string of the molecule is Cc1ccc([C@H](C(=O)NC2CCCCCC2)N(Cc2ccc3c(c2)OCO3)C(=O)CCl)cc1. The Morgan fingerprint density at radius 1 is 1.03 bits per heavy atom. The molecule has 0 radical (unpaired) electrons. The highest BCUT2D eigenvalue weighted by atomic mass is 35.5. The average Bonchev–Trinajstić information content (AvgIpc) is 3.14. The fraction of sp³-hybridized carbons (Fsp3) is 0.462. The van der Waals surface area contributed by atoms with E-state index in [1.807, 2.05) is 49.4 Å². The van der Waals surface area contributed by atoms with Gasteiger partial charge in [0.1, 0.15) is 11.9 Å². The molecule has 0 spiro atoms. The highest BCUT2D eigenvalue weighted by molar-refractivity contribution is 6.27. The number of carbonyl (C=O) groups excluding carboxylic acids is 2. The van der Waals surface area contributed by atoms with Crippen LogP contribution in [0.25, 0.3) is 0 Å². The molecule has 2 aromatic rings. The number of rotatable bonds is 7. The molecule has 0 unspecified atom stereocenters. The van der Waals surface area contributed by atoms with Crippen LogP contribution in [0.15, 0.2) is 42.5 Å². The molecule has 33 heavy (non-hydrogen) atoms. The first-order valence-electron chi connectivity index (χ1n) is 11.7. The molecule has 0 aromatic heterocycles. The van der Waals surface area contributed by atoms with Crippen molar-refractivity contribution in [2.75, 3.05) is 12.7 Å². The van der Waals surface area contributed by atoms with Gasteiger partial charge in [-0.2, -0.15) is 0 Å². The third kappa shape index (κ3) is 5.80. The van der Waals surface area contributed by atoms with Crippen LogP contribution in [0.1, 0.15) is 61.3 Å². The molecule has 7 heteroatoms. The van der Waals surface area contributed by atoms with Gasteiger partial charge in [-0.25, -0.2) is 0 Å². The Bertz CT molecular complexity index is 971. The van der Waals surface area contributed by atoms with Crippen molar-refractivity contribution in [3.05, 3.63) is 59.2 Å². The van der Waals surface area contributed by atoms with E-state index in [4.69, 9.17) is 21.1 Å². The first-order chi connectivity index (χ1) is 16.0. The van der Waals surface area contributed by atoms with Gasteiger partial charge in [0.15, 0.2) is 11.5 Å². The molecule has 1 fully saturated rings. The predicted octanol–water partition coefficient (Wildman–Crippen LogP) is 4.87. The molecule has 2 amide bonds. The number of ether oxygens (including phenoxy) is 2. The minimum Gasteiger partial charge on any atom is -0.454 e. The summed E-state index contributed by atoms with van der Waals surface area (Å²) in [6, 6.07) is 12.7. The van der Waals surface area contributed by atoms with Crippen LogP contribution >= 0.6 is 11.6 Å². The second-order valence-electron chi connectivity index (χ2n) is 8.85. The Hall–Kier alpha value is -2.73. The summed E-state index contributed by atoms with van der Waals surface area (Å²) in [4.78, 5) is 28.3. The van der Waals surface area contributed by atoms with Crippen LogP contribution in [0.5, 0.6) is 11.5 Å². The maximum absolute atomic E-state index is 13.7. The number of nitrogens with one attached hydrogen (secondary N) is 1. The molecule has 0 bridgehead atoms. The van der Waals surface area contributed by atoms with Crippen molar-refractivity contribution in [3.8, 4) is 11.5 Å². The van der Waals surface area contributed by atoms with Gasteiger partial charge in [0, 0.05) is 12.6 Å². The summed E-state index contributed by atoms with van der Waals surface area (Å²) in [5.74, 6) is 0.653. The molecule has 1 saturated carbocycles. The summed E-state index contributed by atoms with van der Waals surface area (Å²) >= 11 is 6.01. The third-order valence-electron chi connectivity index (χ3n) is 6.38. The van der Waals surface area contributed by atoms with Crippen LogP contribution in [-0.2, 0) is 16.1 Å². The van der Waals surface area contributed by atoms with E-state index >= 15 is 0 Å². The molecular formula is C26H31ClN2O4. The number of halogens is 1. The lowest BCUT2D eigenvalue weighted by molar-refractivity contribution is -0.140. The molecule has 1 heterocycles. The van der Waals surface area contributed by atoms with E-state index in [1.165, 1.54) is 12.8 Å². The van der Waals surface area contributed by atoms with E-state index in [2.05, 4.69) is 5.32 Å². The van der Waals surface area contributed by atoms with Crippen LogP contribution in [-0.4, -0.2) is 35.4 Å². The van der Waals surface area contributed by atoms with Gasteiger partial charge in [0.2, 0.25) is 18.6 Å². The van der Waals surface area contributed by atoms with Gasteiger partial charge in [0.05, 0.1) is 0 Å². The highest BCUT2D eigenvalue weighted by Gasteiger charge is 2.32. The van der Waals surface area contributed by atoms with Gasteiger partial charge in [0.25, 0.3) is 0 Å². The van der Waals surface area contributed by atoms with Crippen molar-refractivity contribution in [3.63, 3.8) is 0 Å². The Kier molecular flexibility index (Phi) is 7.76. The number of benzene rings is 2. The second kappa shape index (κ2) is 10.9. The molecule has 1 aliphatic heterocycles. The summed E-state index contributed by atoms with van der Waals surface area (Å²) < 4.78 is 10.9. The zero-order valence-electron chi connectivity index (χ0n) is 19.0. The summed E-state index contributed by atoms with van der Waals surface area (Å²) in [5.41, 5.74) is 2.70. The van der Waals surface area contributed by atoms with E-state index in [0.717, 1.165) is 42.4 Å². The molecule has 2 aromatic carbocycles. The molecule has 2 aliphatic rings. The van der Waals surface area contributed by atoms with Gasteiger partial charge >= 0.3 is 0 Å². The maximum atomic E-state index is 13.7.